The van der Waals surface area contributed by atoms with Gasteiger partial charge in [0, 0.05) is 0 Å². The van der Waals surface area contributed by atoms with Crippen LogP contribution in [-0.2, 0) is 14.3 Å². The zero-order valence-corrected chi connectivity index (χ0v) is 15.3. The van der Waals surface area contributed by atoms with Crippen molar-refractivity contribution < 1.29 is 19.4 Å². The van der Waals surface area contributed by atoms with E-state index in [0.29, 0.717) is 23.7 Å². The lowest BCUT2D eigenvalue weighted by Crippen LogP contribution is -2.51. The van der Waals surface area contributed by atoms with Crippen molar-refractivity contribution in [2.75, 3.05) is 0 Å². The SMILES string of the molecule is CC1C(C)C2CC1C(C(=O)O)C2C(=O)OC1C2CC3CC(C2)CC1C3. The third-order valence-electron chi connectivity index (χ3n) is 8.98. The summed E-state index contributed by atoms with van der Waals surface area (Å²) in [6, 6.07) is 0. The number of carbonyl (C=O) groups excluding carboxylic acids is 1. The van der Waals surface area contributed by atoms with Crippen LogP contribution < -0.4 is 0 Å². The third kappa shape index (κ3) is 2.24. The zero-order valence-electron chi connectivity index (χ0n) is 15.3. The normalized spacial score (nSPS) is 55.5. The van der Waals surface area contributed by atoms with Crippen LogP contribution in [0, 0.1) is 59.2 Å². The van der Waals surface area contributed by atoms with Gasteiger partial charge in [0.1, 0.15) is 6.10 Å². The molecule has 6 unspecified atom stereocenters. The average molecular weight is 346 g/mol. The van der Waals surface area contributed by atoms with Crippen LogP contribution >= 0.6 is 0 Å². The quantitative estimate of drug-likeness (QED) is 0.793. The van der Waals surface area contributed by atoms with Crippen molar-refractivity contribution in [2.24, 2.45) is 59.2 Å². The van der Waals surface area contributed by atoms with Crippen molar-refractivity contribution >= 4 is 11.9 Å². The molecule has 6 bridgehead atoms. The smallest absolute Gasteiger partial charge is 0.310 e. The maximum Gasteiger partial charge on any atom is 0.310 e. The van der Waals surface area contributed by atoms with Gasteiger partial charge in [0.25, 0.3) is 0 Å². The maximum absolute atomic E-state index is 13.1. The lowest BCUT2D eigenvalue weighted by molar-refractivity contribution is -0.183. The molecule has 6 fully saturated rings. The van der Waals surface area contributed by atoms with Gasteiger partial charge in [-0.25, -0.2) is 0 Å². The summed E-state index contributed by atoms with van der Waals surface area (Å²) >= 11 is 0. The van der Waals surface area contributed by atoms with Gasteiger partial charge in [0.2, 0.25) is 0 Å². The zero-order chi connectivity index (χ0) is 17.5. The molecule has 4 heteroatoms. The largest absolute Gasteiger partial charge is 0.481 e. The minimum atomic E-state index is -0.793. The summed E-state index contributed by atoms with van der Waals surface area (Å²) in [6.07, 6.45) is 7.22. The second kappa shape index (κ2) is 5.47. The van der Waals surface area contributed by atoms with Gasteiger partial charge in [-0.1, -0.05) is 13.8 Å². The molecular weight excluding hydrogens is 316 g/mol. The molecule has 6 rings (SSSR count). The van der Waals surface area contributed by atoms with E-state index in [2.05, 4.69) is 13.8 Å². The maximum atomic E-state index is 13.1. The molecule has 6 saturated carbocycles. The summed E-state index contributed by atoms with van der Waals surface area (Å²) in [6.45, 7) is 4.35. The fraction of sp³-hybridized carbons (Fsp3) is 0.905. The Hall–Kier alpha value is -1.06. The summed E-state index contributed by atoms with van der Waals surface area (Å²) in [7, 11) is 0. The first-order valence-corrected chi connectivity index (χ1v) is 10.4. The molecule has 1 N–H and O–H groups in total. The fourth-order valence-corrected chi connectivity index (χ4v) is 7.94. The molecule has 0 spiro atoms. The van der Waals surface area contributed by atoms with Crippen molar-refractivity contribution in [3.05, 3.63) is 0 Å². The molecule has 25 heavy (non-hydrogen) atoms. The van der Waals surface area contributed by atoms with E-state index < -0.39 is 17.8 Å². The molecule has 6 aliphatic carbocycles. The number of aliphatic carboxylic acids is 1. The second-order valence-electron chi connectivity index (χ2n) is 10.0. The van der Waals surface area contributed by atoms with Crippen molar-refractivity contribution in [1.82, 2.24) is 0 Å². The molecule has 0 aromatic carbocycles. The lowest BCUT2D eigenvalue weighted by atomic mass is 9.55. The predicted molar refractivity (Wildman–Crippen MR) is 91.5 cm³/mol. The van der Waals surface area contributed by atoms with Crippen molar-refractivity contribution in [3.63, 3.8) is 0 Å². The van der Waals surface area contributed by atoms with E-state index in [1.807, 2.05) is 0 Å². The molecular formula is C21H30O4. The molecule has 4 nitrogen and oxygen atoms in total. The number of hydrogen-bond acceptors (Lipinski definition) is 3. The molecule has 0 amide bonds. The summed E-state index contributed by atoms with van der Waals surface area (Å²) in [5.41, 5.74) is 0. The first-order chi connectivity index (χ1) is 11.9. The van der Waals surface area contributed by atoms with Crippen LogP contribution in [0.2, 0.25) is 0 Å². The van der Waals surface area contributed by atoms with Crippen LogP contribution in [0.15, 0.2) is 0 Å². The van der Waals surface area contributed by atoms with Crippen LogP contribution in [0.25, 0.3) is 0 Å². The fourth-order valence-electron chi connectivity index (χ4n) is 7.94. The first-order valence-electron chi connectivity index (χ1n) is 10.4. The predicted octanol–water partition coefficient (Wildman–Crippen LogP) is 3.59. The Balaban J connectivity index is 1.35. The Morgan fingerprint density at radius 1 is 0.800 bits per heavy atom. The van der Waals surface area contributed by atoms with E-state index in [4.69, 9.17) is 4.74 Å². The van der Waals surface area contributed by atoms with Gasteiger partial charge >= 0.3 is 11.9 Å². The lowest BCUT2D eigenvalue weighted by Gasteiger charge is -2.53. The summed E-state index contributed by atoms with van der Waals surface area (Å²) in [5, 5.41) is 9.76. The molecule has 0 saturated heterocycles. The molecule has 138 valence electrons. The number of carbonyl (C=O) groups is 2. The van der Waals surface area contributed by atoms with Crippen LogP contribution in [0.4, 0.5) is 0 Å². The molecule has 0 radical (unpaired) electrons. The van der Waals surface area contributed by atoms with E-state index in [9.17, 15) is 14.7 Å². The summed E-state index contributed by atoms with van der Waals surface area (Å²) in [4.78, 5) is 25.0. The Bertz CT molecular complexity index is 571. The summed E-state index contributed by atoms with van der Waals surface area (Å²) < 4.78 is 6.13. The van der Waals surface area contributed by atoms with Crippen LogP contribution in [-0.4, -0.2) is 23.1 Å². The molecule has 0 aromatic rings. The second-order valence-corrected chi connectivity index (χ2v) is 10.0. The number of fused-ring (bicyclic) bond motifs is 2. The van der Waals surface area contributed by atoms with E-state index in [0.717, 1.165) is 18.3 Å². The highest BCUT2D eigenvalue weighted by Gasteiger charge is 2.61. The Labute approximate surface area is 149 Å². The number of hydrogen-bond donors (Lipinski definition) is 1. The number of carboxylic acids is 1. The third-order valence-corrected chi connectivity index (χ3v) is 8.98. The minimum Gasteiger partial charge on any atom is -0.481 e. The van der Waals surface area contributed by atoms with Gasteiger partial charge in [-0.2, -0.15) is 0 Å². The Morgan fingerprint density at radius 2 is 1.32 bits per heavy atom. The van der Waals surface area contributed by atoms with Crippen LogP contribution in [0.1, 0.15) is 52.4 Å². The van der Waals surface area contributed by atoms with Gasteiger partial charge < -0.3 is 9.84 Å². The monoisotopic (exact) mass is 346 g/mol. The van der Waals surface area contributed by atoms with E-state index >= 15 is 0 Å². The van der Waals surface area contributed by atoms with Crippen LogP contribution in [0.5, 0.6) is 0 Å². The molecule has 6 aliphatic rings. The van der Waals surface area contributed by atoms with Gasteiger partial charge in [-0.15, -0.1) is 0 Å². The van der Waals surface area contributed by atoms with Gasteiger partial charge in [-0.05, 0) is 85.9 Å². The van der Waals surface area contributed by atoms with E-state index in [1.165, 1.54) is 32.1 Å². The number of esters is 1. The van der Waals surface area contributed by atoms with Gasteiger partial charge in [0.05, 0.1) is 11.8 Å². The Morgan fingerprint density at radius 3 is 1.84 bits per heavy atom. The molecule has 0 aromatic heterocycles. The van der Waals surface area contributed by atoms with E-state index in [-0.39, 0.29) is 23.9 Å². The van der Waals surface area contributed by atoms with Gasteiger partial charge in [-0.3, -0.25) is 9.59 Å². The van der Waals surface area contributed by atoms with E-state index in [1.54, 1.807) is 0 Å². The highest BCUT2D eigenvalue weighted by Crippen LogP contribution is 2.59. The summed E-state index contributed by atoms with van der Waals surface area (Å²) in [5.74, 6) is 2.05. The van der Waals surface area contributed by atoms with Crippen LogP contribution in [0.3, 0.4) is 0 Å². The minimum absolute atomic E-state index is 0.0709. The molecule has 6 atom stereocenters. The molecule has 0 heterocycles. The number of carboxylic acid groups (broad SMARTS) is 1. The number of ether oxygens (including phenoxy) is 1. The number of rotatable bonds is 3. The van der Waals surface area contributed by atoms with Crippen molar-refractivity contribution in [2.45, 2.75) is 58.5 Å². The average Bonchev–Trinajstić information content (AvgIpc) is 3.07. The van der Waals surface area contributed by atoms with Crippen molar-refractivity contribution in [3.8, 4) is 0 Å². The van der Waals surface area contributed by atoms with Gasteiger partial charge in [0.15, 0.2) is 0 Å². The van der Waals surface area contributed by atoms with Crippen molar-refractivity contribution in [1.29, 1.82) is 0 Å². The highest BCUT2D eigenvalue weighted by molar-refractivity contribution is 5.83. The highest BCUT2D eigenvalue weighted by atomic mass is 16.5. The standard InChI is InChI=1S/C21H30O4/c1-9-10(2)16-8-15(9)17(20(22)23)18(16)21(24)25-19-13-4-11-3-12(6-13)7-14(19)5-11/h9-19H,3-8H2,1-2H3,(H,22,23). The molecule has 0 aliphatic heterocycles. The Kier molecular flexibility index (Phi) is 3.53. The first kappa shape index (κ1) is 16.1. The topological polar surface area (TPSA) is 63.6 Å².